The lowest BCUT2D eigenvalue weighted by atomic mass is 9.98. The molecule has 172 valence electrons. The molecule has 1 unspecified atom stereocenters. The van der Waals surface area contributed by atoms with Crippen LogP contribution in [0.15, 0.2) is 48.5 Å². The molecule has 1 atom stereocenters. The summed E-state index contributed by atoms with van der Waals surface area (Å²) in [7, 11) is 0. The molecule has 0 saturated carbocycles. The topological polar surface area (TPSA) is 102 Å². The maximum Gasteiger partial charge on any atom is 0.407 e. The van der Waals surface area contributed by atoms with E-state index >= 15 is 0 Å². The Morgan fingerprint density at radius 1 is 1.03 bits per heavy atom. The summed E-state index contributed by atoms with van der Waals surface area (Å²) in [4.78, 5) is 53.6. The molecule has 1 fully saturated rings. The molecule has 8 nitrogen and oxygen atoms in total. The van der Waals surface area contributed by atoms with Crippen molar-refractivity contribution in [3.8, 4) is 11.1 Å². The molecule has 0 spiro atoms. The first-order chi connectivity index (χ1) is 16.0. The highest BCUT2D eigenvalue weighted by atomic mass is 32.2. The Labute approximate surface area is 195 Å². The number of hydroxylamine groups is 2. The highest BCUT2D eigenvalue weighted by Gasteiger charge is 2.35. The summed E-state index contributed by atoms with van der Waals surface area (Å²) >= 11 is 1.49. The number of hydrogen-bond donors (Lipinski definition) is 1. The largest absolute Gasteiger partial charge is 0.449 e. The standard InChI is InChI=1S/C24H24N2O6S/c1-33-13-12-20(23(29)32-26-21(27)10-11-22(26)28)25-24(30)31-14-19-17-8-4-2-6-15(17)16-7-3-5-9-18(16)19/h2-9,19-20H,10-14H2,1H3,(H,25,30). The number of alkyl carbamates (subject to hydrolysis) is 1. The van der Waals surface area contributed by atoms with E-state index in [0.29, 0.717) is 10.8 Å². The minimum atomic E-state index is -1.05. The van der Waals surface area contributed by atoms with Crippen molar-refractivity contribution in [3.63, 3.8) is 0 Å². The zero-order valence-corrected chi connectivity index (χ0v) is 18.9. The average Bonchev–Trinajstić information content (AvgIpc) is 3.32. The van der Waals surface area contributed by atoms with Crippen LogP contribution in [0.1, 0.15) is 36.3 Å². The van der Waals surface area contributed by atoms with Gasteiger partial charge in [-0.2, -0.15) is 11.8 Å². The van der Waals surface area contributed by atoms with E-state index in [2.05, 4.69) is 5.32 Å². The maximum absolute atomic E-state index is 12.6. The summed E-state index contributed by atoms with van der Waals surface area (Å²) < 4.78 is 5.50. The van der Waals surface area contributed by atoms with Crippen LogP contribution in [-0.4, -0.2) is 53.6 Å². The van der Waals surface area contributed by atoms with Gasteiger partial charge in [0.05, 0.1) is 0 Å². The molecular formula is C24H24N2O6S. The quantitative estimate of drug-likeness (QED) is 0.594. The number of fused-ring (bicyclic) bond motifs is 3. The molecule has 1 aliphatic heterocycles. The lowest BCUT2D eigenvalue weighted by Gasteiger charge is -2.20. The van der Waals surface area contributed by atoms with Crippen molar-refractivity contribution in [3.05, 3.63) is 59.7 Å². The van der Waals surface area contributed by atoms with Crippen molar-refractivity contribution in [2.75, 3.05) is 18.6 Å². The highest BCUT2D eigenvalue weighted by molar-refractivity contribution is 7.98. The van der Waals surface area contributed by atoms with E-state index < -0.39 is 29.9 Å². The highest BCUT2D eigenvalue weighted by Crippen LogP contribution is 2.44. The molecule has 4 rings (SSSR count). The van der Waals surface area contributed by atoms with Crippen LogP contribution in [0.3, 0.4) is 0 Å². The van der Waals surface area contributed by atoms with Gasteiger partial charge in [0.1, 0.15) is 12.6 Å². The Morgan fingerprint density at radius 2 is 1.61 bits per heavy atom. The molecular weight excluding hydrogens is 444 g/mol. The lowest BCUT2D eigenvalue weighted by molar-refractivity contribution is -0.198. The number of ether oxygens (including phenoxy) is 1. The van der Waals surface area contributed by atoms with Gasteiger partial charge in [-0.3, -0.25) is 9.59 Å². The SMILES string of the molecule is CSCCC(NC(=O)OCC1c2ccccc2-c2ccccc21)C(=O)ON1C(=O)CCC1=O. The van der Waals surface area contributed by atoms with E-state index in [1.807, 2.05) is 54.8 Å². The molecule has 0 bridgehead atoms. The van der Waals surface area contributed by atoms with Gasteiger partial charge in [-0.05, 0) is 40.7 Å². The Balaban J connectivity index is 1.40. The minimum absolute atomic E-state index is 0.00139. The molecule has 2 aliphatic rings. The van der Waals surface area contributed by atoms with Crippen molar-refractivity contribution in [2.24, 2.45) is 0 Å². The Bertz CT molecular complexity index is 1030. The number of amides is 3. The summed E-state index contributed by atoms with van der Waals surface area (Å²) in [6.07, 6.45) is 1.37. The molecule has 0 radical (unpaired) electrons. The number of hydrogen-bond acceptors (Lipinski definition) is 7. The van der Waals surface area contributed by atoms with Crippen LogP contribution in [0.5, 0.6) is 0 Å². The molecule has 2 aromatic rings. The molecule has 1 heterocycles. The van der Waals surface area contributed by atoms with Gasteiger partial charge in [0.25, 0.3) is 11.8 Å². The fraction of sp³-hybridized carbons (Fsp3) is 0.333. The third kappa shape index (κ3) is 4.88. The van der Waals surface area contributed by atoms with Gasteiger partial charge >= 0.3 is 12.1 Å². The van der Waals surface area contributed by atoms with Crippen molar-refractivity contribution < 1.29 is 28.8 Å². The van der Waals surface area contributed by atoms with E-state index in [1.165, 1.54) is 11.8 Å². The van der Waals surface area contributed by atoms with Gasteiger partial charge in [-0.25, -0.2) is 9.59 Å². The van der Waals surface area contributed by atoms with Gasteiger partial charge in [0.15, 0.2) is 0 Å². The van der Waals surface area contributed by atoms with Crippen LogP contribution in [-0.2, 0) is 24.0 Å². The van der Waals surface area contributed by atoms with Crippen LogP contribution in [0.25, 0.3) is 11.1 Å². The predicted molar refractivity (Wildman–Crippen MR) is 122 cm³/mol. The summed E-state index contributed by atoms with van der Waals surface area (Å²) in [6.45, 7) is 0.104. The summed E-state index contributed by atoms with van der Waals surface area (Å²) in [5, 5.41) is 3.01. The number of imide groups is 1. The fourth-order valence-electron chi connectivity index (χ4n) is 4.08. The Hall–Kier alpha value is -3.33. The number of nitrogens with one attached hydrogen (secondary N) is 1. The summed E-state index contributed by atoms with van der Waals surface area (Å²) in [5.74, 6) is -1.57. The molecule has 1 saturated heterocycles. The predicted octanol–water partition coefficient (Wildman–Crippen LogP) is 3.25. The van der Waals surface area contributed by atoms with Gasteiger partial charge in [0, 0.05) is 18.8 Å². The molecule has 33 heavy (non-hydrogen) atoms. The van der Waals surface area contributed by atoms with Crippen molar-refractivity contribution in [2.45, 2.75) is 31.2 Å². The Morgan fingerprint density at radius 3 is 2.18 bits per heavy atom. The van der Waals surface area contributed by atoms with E-state index in [9.17, 15) is 19.2 Å². The molecule has 1 aliphatic carbocycles. The maximum atomic E-state index is 12.6. The first-order valence-corrected chi connectivity index (χ1v) is 12.1. The van der Waals surface area contributed by atoms with Crippen LogP contribution >= 0.6 is 11.8 Å². The number of benzene rings is 2. The van der Waals surface area contributed by atoms with Crippen molar-refractivity contribution >= 4 is 35.6 Å². The molecule has 0 aromatic heterocycles. The molecule has 9 heteroatoms. The number of carbonyl (C=O) groups excluding carboxylic acids is 4. The van der Waals surface area contributed by atoms with E-state index in [0.717, 1.165) is 22.3 Å². The second-order valence-electron chi connectivity index (χ2n) is 7.80. The smallest absolute Gasteiger partial charge is 0.407 e. The monoisotopic (exact) mass is 468 g/mol. The summed E-state index contributed by atoms with van der Waals surface area (Å²) in [5.41, 5.74) is 4.39. The number of rotatable bonds is 8. The van der Waals surface area contributed by atoms with Gasteiger partial charge in [-0.1, -0.05) is 48.5 Å². The number of thioether (sulfide) groups is 1. The zero-order chi connectivity index (χ0) is 23.4. The van der Waals surface area contributed by atoms with E-state index in [1.54, 1.807) is 0 Å². The lowest BCUT2D eigenvalue weighted by Crippen LogP contribution is -2.46. The molecule has 2 aromatic carbocycles. The third-order valence-corrected chi connectivity index (χ3v) is 6.36. The third-order valence-electron chi connectivity index (χ3n) is 5.72. The van der Waals surface area contributed by atoms with Crippen LogP contribution in [0, 0.1) is 0 Å². The normalized spacial score (nSPS) is 15.7. The molecule has 3 amide bonds. The van der Waals surface area contributed by atoms with Gasteiger partial charge in [-0.15, -0.1) is 5.06 Å². The first kappa shape index (κ1) is 22.8. The van der Waals surface area contributed by atoms with E-state index in [4.69, 9.17) is 9.57 Å². The van der Waals surface area contributed by atoms with Crippen molar-refractivity contribution in [1.82, 2.24) is 10.4 Å². The van der Waals surface area contributed by atoms with E-state index in [-0.39, 0.29) is 31.8 Å². The minimum Gasteiger partial charge on any atom is -0.449 e. The van der Waals surface area contributed by atoms with Crippen molar-refractivity contribution in [1.29, 1.82) is 0 Å². The Kier molecular flexibility index (Phi) is 6.98. The number of carbonyl (C=O) groups is 4. The zero-order valence-electron chi connectivity index (χ0n) is 18.1. The molecule has 1 N–H and O–H groups in total. The van der Waals surface area contributed by atoms with Gasteiger partial charge in [0.2, 0.25) is 0 Å². The van der Waals surface area contributed by atoms with Gasteiger partial charge < -0.3 is 14.9 Å². The fourth-order valence-corrected chi connectivity index (χ4v) is 4.55. The van der Waals surface area contributed by atoms with Crippen LogP contribution in [0.4, 0.5) is 4.79 Å². The second-order valence-corrected chi connectivity index (χ2v) is 8.78. The van der Waals surface area contributed by atoms with Crippen LogP contribution in [0.2, 0.25) is 0 Å². The second kappa shape index (κ2) is 10.1. The summed E-state index contributed by atoms with van der Waals surface area (Å²) in [6, 6.07) is 14.9. The first-order valence-electron chi connectivity index (χ1n) is 10.7. The average molecular weight is 469 g/mol. The van der Waals surface area contributed by atoms with Crippen LogP contribution < -0.4 is 5.32 Å². The number of nitrogens with zero attached hydrogens (tertiary/aromatic N) is 1.